The van der Waals surface area contributed by atoms with Crippen LogP contribution in [0.1, 0.15) is 0 Å². The van der Waals surface area contributed by atoms with Gasteiger partial charge in [-0.2, -0.15) is 0 Å². The Labute approximate surface area is 62.4 Å². The van der Waals surface area contributed by atoms with Crippen LogP contribution in [0.4, 0.5) is 4.79 Å². The fourth-order valence-electron chi connectivity index (χ4n) is 0.970. The number of carbonyl (C=O) groups is 2. The summed E-state index contributed by atoms with van der Waals surface area (Å²) < 4.78 is 0. The SMILES string of the molecule is O=C1NC(=O)N2C=CN=C1C2. The smallest absolute Gasteiger partial charge is 0.293 e. The first kappa shape index (κ1) is 6.09. The molecular weight excluding hydrogens is 146 g/mol. The minimum atomic E-state index is -0.393. The van der Waals surface area contributed by atoms with E-state index in [-0.39, 0.29) is 6.03 Å². The molecule has 0 saturated carbocycles. The van der Waals surface area contributed by atoms with Crippen LogP contribution in [0.5, 0.6) is 0 Å². The molecule has 5 nitrogen and oxygen atoms in total. The van der Waals surface area contributed by atoms with E-state index in [1.165, 1.54) is 17.3 Å². The molecule has 0 aromatic heterocycles. The van der Waals surface area contributed by atoms with Crippen molar-refractivity contribution in [1.82, 2.24) is 10.2 Å². The van der Waals surface area contributed by atoms with Gasteiger partial charge < -0.3 is 0 Å². The van der Waals surface area contributed by atoms with Crippen molar-refractivity contribution in [2.24, 2.45) is 4.99 Å². The van der Waals surface area contributed by atoms with Crippen LogP contribution in [0.3, 0.4) is 0 Å². The molecule has 1 fully saturated rings. The molecule has 1 saturated heterocycles. The number of rotatable bonds is 0. The van der Waals surface area contributed by atoms with Gasteiger partial charge in [0.25, 0.3) is 5.91 Å². The van der Waals surface area contributed by atoms with Gasteiger partial charge in [0, 0.05) is 12.4 Å². The van der Waals surface area contributed by atoms with Gasteiger partial charge >= 0.3 is 6.03 Å². The van der Waals surface area contributed by atoms with E-state index >= 15 is 0 Å². The summed E-state index contributed by atoms with van der Waals surface area (Å²) in [5, 5.41) is 2.15. The highest BCUT2D eigenvalue weighted by atomic mass is 16.2. The van der Waals surface area contributed by atoms with Gasteiger partial charge in [-0.25, -0.2) is 4.79 Å². The van der Waals surface area contributed by atoms with Crippen LogP contribution in [-0.4, -0.2) is 29.1 Å². The fraction of sp³-hybridized carbons (Fsp3) is 0.167. The van der Waals surface area contributed by atoms with Crippen LogP contribution in [0.2, 0.25) is 0 Å². The summed E-state index contributed by atoms with van der Waals surface area (Å²) in [4.78, 5) is 27.0. The number of imide groups is 1. The van der Waals surface area contributed by atoms with Crippen molar-refractivity contribution in [2.75, 3.05) is 6.54 Å². The van der Waals surface area contributed by atoms with Crippen molar-refractivity contribution in [3.05, 3.63) is 12.4 Å². The molecule has 2 aliphatic rings. The standard InChI is InChI=1S/C6H5N3O2/c10-5-4-3-9(2-1-7-4)6(11)8-5/h1-2H,3H2,(H,8,10,11). The first-order valence-electron chi connectivity index (χ1n) is 3.12. The number of nitrogens with one attached hydrogen (secondary N) is 1. The van der Waals surface area contributed by atoms with Gasteiger partial charge in [0.15, 0.2) is 0 Å². The quantitative estimate of drug-likeness (QED) is 0.505. The largest absolute Gasteiger partial charge is 0.328 e. The van der Waals surface area contributed by atoms with Crippen LogP contribution in [-0.2, 0) is 4.79 Å². The van der Waals surface area contributed by atoms with E-state index in [0.717, 1.165) is 0 Å². The third kappa shape index (κ3) is 0.813. The van der Waals surface area contributed by atoms with Crippen LogP contribution < -0.4 is 5.32 Å². The van der Waals surface area contributed by atoms with E-state index in [4.69, 9.17) is 0 Å². The maximum Gasteiger partial charge on any atom is 0.328 e. The summed E-state index contributed by atoms with van der Waals surface area (Å²) in [6, 6.07) is -0.384. The highest BCUT2D eigenvalue weighted by molar-refractivity contribution is 6.44. The molecule has 0 unspecified atom stereocenters. The Kier molecular flexibility index (Phi) is 1.06. The Morgan fingerprint density at radius 3 is 3.18 bits per heavy atom. The number of aliphatic imine (C=N–C) groups is 1. The molecule has 5 heteroatoms. The lowest BCUT2D eigenvalue weighted by molar-refractivity contribution is -0.114. The van der Waals surface area contributed by atoms with Crippen molar-refractivity contribution >= 4 is 17.6 Å². The number of fused-ring (bicyclic) bond motifs is 2. The van der Waals surface area contributed by atoms with Gasteiger partial charge in [-0.3, -0.25) is 20.0 Å². The molecule has 2 rings (SSSR count). The average Bonchev–Trinajstić information content (AvgIpc) is 2.02. The zero-order valence-corrected chi connectivity index (χ0v) is 5.57. The van der Waals surface area contributed by atoms with E-state index in [1.807, 2.05) is 0 Å². The van der Waals surface area contributed by atoms with E-state index < -0.39 is 5.91 Å². The van der Waals surface area contributed by atoms with Crippen molar-refractivity contribution in [3.8, 4) is 0 Å². The van der Waals surface area contributed by atoms with E-state index in [1.54, 1.807) is 0 Å². The van der Waals surface area contributed by atoms with E-state index in [2.05, 4.69) is 10.3 Å². The minimum Gasteiger partial charge on any atom is -0.293 e. The van der Waals surface area contributed by atoms with Crippen molar-refractivity contribution in [1.29, 1.82) is 0 Å². The van der Waals surface area contributed by atoms with Crippen molar-refractivity contribution in [3.63, 3.8) is 0 Å². The second-order valence-electron chi connectivity index (χ2n) is 2.26. The van der Waals surface area contributed by atoms with Gasteiger partial charge in [-0.1, -0.05) is 0 Å². The monoisotopic (exact) mass is 151 g/mol. The Hall–Kier alpha value is -1.65. The maximum absolute atomic E-state index is 10.9. The molecule has 0 aliphatic carbocycles. The predicted octanol–water partition coefficient (Wildman–Crippen LogP) is -0.536. The number of hydrogen-bond donors (Lipinski definition) is 1. The van der Waals surface area contributed by atoms with Crippen LogP contribution >= 0.6 is 0 Å². The first-order chi connectivity index (χ1) is 5.27. The summed E-state index contributed by atoms with van der Waals surface area (Å²) in [5.41, 5.74) is 0.382. The molecule has 0 radical (unpaired) electrons. The Morgan fingerprint density at radius 1 is 1.55 bits per heavy atom. The lowest BCUT2D eigenvalue weighted by Crippen LogP contribution is -2.53. The summed E-state index contributed by atoms with van der Waals surface area (Å²) in [6.07, 6.45) is 2.97. The fourth-order valence-corrected chi connectivity index (χ4v) is 0.970. The molecule has 3 amide bonds. The molecule has 2 aliphatic heterocycles. The van der Waals surface area contributed by atoms with Crippen LogP contribution in [0, 0.1) is 0 Å². The molecule has 11 heavy (non-hydrogen) atoms. The Bertz CT molecular complexity index is 292. The Morgan fingerprint density at radius 2 is 2.36 bits per heavy atom. The predicted molar refractivity (Wildman–Crippen MR) is 36.8 cm³/mol. The molecule has 0 atom stereocenters. The molecular formula is C6H5N3O2. The molecule has 2 bridgehead atoms. The number of hydrogen-bond acceptors (Lipinski definition) is 3. The minimum absolute atomic E-state index is 0.293. The Balaban J connectivity index is 2.39. The number of carbonyl (C=O) groups excluding carboxylic acids is 2. The van der Waals surface area contributed by atoms with Gasteiger partial charge in [-0.15, -0.1) is 0 Å². The summed E-state index contributed by atoms with van der Waals surface area (Å²) in [5.74, 6) is -0.393. The molecule has 0 aromatic carbocycles. The number of amides is 3. The second-order valence-corrected chi connectivity index (χ2v) is 2.26. The maximum atomic E-state index is 10.9. The van der Waals surface area contributed by atoms with Crippen molar-refractivity contribution in [2.45, 2.75) is 0 Å². The number of nitrogens with zero attached hydrogens (tertiary/aromatic N) is 2. The first-order valence-corrected chi connectivity index (χ1v) is 3.12. The zero-order valence-electron chi connectivity index (χ0n) is 5.57. The lowest BCUT2D eigenvalue weighted by atomic mass is 10.2. The molecule has 1 N–H and O–H groups in total. The topological polar surface area (TPSA) is 61.8 Å². The van der Waals surface area contributed by atoms with Gasteiger partial charge in [0.2, 0.25) is 0 Å². The number of urea groups is 1. The molecule has 56 valence electrons. The van der Waals surface area contributed by atoms with Crippen molar-refractivity contribution < 1.29 is 9.59 Å². The van der Waals surface area contributed by atoms with Gasteiger partial charge in [-0.05, 0) is 0 Å². The third-order valence-corrected chi connectivity index (χ3v) is 1.54. The molecule has 0 aromatic rings. The van der Waals surface area contributed by atoms with Crippen LogP contribution in [0.15, 0.2) is 17.4 Å². The van der Waals surface area contributed by atoms with E-state index in [9.17, 15) is 9.59 Å². The highest BCUT2D eigenvalue weighted by Gasteiger charge is 2.28. The second kappa shape index (κ2) is 1.91. The van der Waals surface area contributed by atoms with Gasteiger partial charge in [0.1, 0.15) is 5.71 Å². The zero-order chi connectivity index (χ0) is 7.84. The van der Waals surface area contributed by atoms with Crippen LogP contribution in [0.25, 0.3) is 0 Å². The molecule has 0 spiro atoms. The third-order valence-electron chi connectivity index (χ3n) is 1.54. The summed E-state index contributed by atoms with van der Waals surface area (Å²) in [6.45, 7) is 0.293. The normalized spacial score (nSPS) is 21.5. The average molecular weight is 151 g/mol. The highest BCUT2D eigenvalue weighted by Crippen LogP contribution is 2.04. The van der Waals surface area contributed by atoms with E-state index in [0.29, 0.717) is 12.3 Å². The lowest BCUT2D eigenvalue weighted by Gasteiger charge is -2.25. The summed E-state index contributed by atoms with van der Waals surface area (Å²) >= 11 is 0. The molecule has 2 heterocycles. The summed E-state index contributed by atoms with van der Waals surface area (Å²) in [7, 11) is 0. The van der Waals surface area contributed by atoms with Gasteiger partial charge in [0.05, 0.1) is 6.54 Å².